The minimum absolute atomic E-state index is 0.109. The van der Waals surface area contributed by atoms with Gasteiger partial charge in [-0.05, 0) is 25.2 Å². The standard InChI is InChI=1S/C15H32N2O2/c1-7-15(8-2,11-18)10-16-13(9-12(3)4)14(19)17(5)6/h12-13,16,18H,7-11H2,1-6H3. The maximum Gasteiger partial charge on any atom is 0.239 e. The molecule has 0 aliphatic rings. The van der Waals surface area contributed by atoms with Crippen molar-refractivity contribution in [3.05, 3.63) is 0 Å². The Hall–Kier alpha value is -0.610. The number of carbonyl (C=O) groups excluding carboxylic acids is 1. The SMILES string of the molecule is CCC(CC)(CO)CNC(CC(C)C)C(=O)N(C)C. The van der Waals surface area contributed by atoms with Gasteiger partial charge < -0.3 is 15.3 Å². The average Bonchev–Trinajstić information content (AvgIpc) is 2.38. The Morgan fingerprint density at radius 2 is 1.79 bits per heavy atom. The van der Waals surface area contributed by atoms with Crippen molar-refractivity contribution in [2.24, 2.45) is 11.3 Å². The number of likely N-dealkylation sites (N-methyl/N-ethyl adjacent to an activating group) is 1. The second-order valence-corrected chi connectivity index (χ2v) is 6.16. The third-order valence-corrected chi connectivity index (χ3v) is 4.00. The minimum atomic E-state index is -0.154. The Balaban J connectivity index is 4.69. The summed E-state index contributed by atoms with van der Waals surface area (Å²) in [4.78, 5) is 13.8. The molecule has 4 nitrogen and oxygen atoms in total. The van der Waals surface area contributed by atoms with E-state index >= 15 is 0 Å². The van der Waals surface area contributed by atoms with Gasteiger partial charge in [-0.15, -0.1) is 0 Å². The summed E-state index contributed by atoms with van der Waals surface area (Å²) in [6.07, 6.45) is 2.65. The highest BCUT2D eigenvalue weighted by Crippen LogP contribution is 2.25. The van der Waals surface area contributed by atoms with Gasteiger partial charge in [0.1, 0.15) is 0 Å². The van der Waals surface area contributed by atoms with Gasteiger partial charge >= 0.3 is 0 Å². The molecule has 114 valence electrons. The second-order valence-electron chi connectivity index (χ2n) is 6.16. The smallest absolute Gasteiger partial charge is 0.239 e. The van der Waals surface area contributed by atoms with Crippen LogP contribution in [0.2, 0.25) is 0 Å². The monoisotopic (exact) mass is 272 g/mol. The lowest BCUT2D eigenvalue weighted by atomic mass is 9.83. The summed E-state index contributed by atoms with van der Waals surface area (Å²) in [5, 5.41) is 13.0. The van der Waals surface area contributed by atoms with Gasteiger partial charge in [0.05, 0.1) is 6.04 Å². The summed E-state index contributed by atoms with van der Waals surface area (Å²) in [6.45, 7) is 9.28. The van der Waals surface area contributed by atoms with E-state index in [0.29, 0.717) is 12.5 Å². The molecule has 0 fully saturated rings. The average molecular weight is 272 g/mol. The zero-order valence-corrected chi connectivity index (χ0v) is 13.5. The van der Waals surface area contributed by atoms with Gasteiger partial charge in [-0.1, -0.05) is 27.7 Å². The fourth-order valence-electron chi connectivity index (χ4n) is 2.17. The number of nitrogens with zero attached hydrogens (tertiary/aromatic N) is 1. The third kappa shape index (κ3) is 5.91. The topological polar surface area (TPSA) is 52.6 Å². The van der Waals surface area contributed by atoms with Crippen LogP contribution in [0.5, 0.6) is 0 Å². The van der Waals surface area contributed by atoms with Crippen molar-refractivity contribution in [2.45, 2.75) is 53.0 Å². The summed E-state index contributed by atoms with van der Waals surface area (Å²) in [5.74, 6) is 0.584. The Labute approximate surface area is 118 Å². The van der Waals surface area contributed by atoms with Crippen LogP contribution in [0.1, 0.15) is 47.0 Å². The summed E-state index contributed by atoms with van der Waals surface area (Å²) < 4.78 is 0. The summed E-state index contributed by atoms with van der Waals surface area (Å²) in [7, 11) is 3.58. The number of nitrogens with one attached hydrogen (secondary N) is 1. The van der Waals surface area contributed by atoms with E-state index in [1.54, 1.807) is 19.0 Å². The van der Waals surface area contributed by atoms with Crippen molar-refractivity contribution < 1.29 is 9.90 Å². The van der Waals surface area contributed by atoms with Crippen LogP contribution in [0, 0.1) is 11.3 Å². The molecule has 4 heteroatoms. The highest BCUT2D eigenvalue weighted by atomic mass is 16.3. The number of rotatable bonds is 9. The molecule has 19 heavy (non-hydrogen) atoms. The molecule has 0 bridgehead atoms. The molecule has 0 aromatic carbocycles. The number of aliphatic hydroxyl groups excluding tert-OH is 1. The highest BCUT2D eigenvalue weighted by molar-refractivity contribution is 5.81. The number of aliphatic hydroxyl groups is 1. The van der Waals surface area contributed by atoms with Crippen LogP contribution in [0.4, 0.5) is 0 Å². The lowest BCUT2D eigenvalue weighted by molar-refractivity contribution is -0.131. The van der Waals surface area contributed by atoms with E-state index in [9.17, 15) is 9.90 Å². The molecule has 0 heterocycles. The fourth-order valence-corrected chi connectivity index (χ4v) is 2.17. The van der Waals surface area contributed by atoms with Crippen molar-refractivity contribution in [3.8, 4) is 0 Å². The highest BCUT2D eigenvalue weighted by Gasteiger charge is 2.28. The molecule has 1 atom stereocenters. The van der Waals surface area contributed by atoms with Crippen LogP contribution in [0.3, 0.4) is 0 Å². The van der Waals surface area contributed by atoms with Gasteiger partial charge in [-0.25, -0.2) is 0 Å². The van der Waals surface area contributed by atoms with Crippen molar-refractivity contribution in [1.29, 1.82) is 0 Å². The molecule has 0 aliphatic heterocycles. The van der Waals surface area contributed by atoms with E-state index in [4.69, 9.17) is 0 Å². The lowest BCUT2D eigenvalue weighted by Gasteiger charge is -2.32. The molecule has 0 aromatic heterocycles. The van der Waals surface area contributed by atoms with Gasteiger partial charge in [0.25, 0.3) is 0 Å². The van der Waals surface area contributed by atoms with Crippen LogP contribution in [0.25, 0.3) is 0 Å². The molecular formula is C15H32N2O2. The van der Waals surface area contributed by atoms with Crippen molar-refractivity contribution >= 4 is 5.91 Å². The summed E-state index contributed by atoms with van der Waals surface area (Å²) in [6, 6.07) is -0.154. The first kappa shape index (κ1) is 18.4. The van der Waals surface area contributed by atoms with E-state index in [1.807, 2.05) is 0 Å². The molecular weight excluding hydrogens is 240 g/mol. The van der Waals surface area contributed by atoms with Gasteiger partial charge in [-0.2, -0.15) is 0 Å². The van der Waals surface area contributed by atoms with Gasteiger partial charge in [-0.3, -0.25) is 4.79 Å². The molecule has 2 N–H and O–H groups in total. The predicted octanol–water partition coefficient (Wildman–Crippen LogP) is 1.88. The van der Waals surface area contributed by atoms with Gasteiger partial charge in [0, 0.05) is 32.7 Å². The Morgan fingerprint density at radius 1 is 1.26 bits per heavy atom. The van der Waals surface area contributed by atoms with Crippen LogP contribution < -0.4 is 5.32 Å². The summed E-state index contributed by atoms with van der Waals surface area (Å²) in [5.41, 5.74) is -0.109. The van der Waals surface area contributed by atoms with Crippen molar-refractivity contribution in [1.82, 2.24) is 10.2 Å². The van der Waals surface area contributed by atoms with Crippen molar-refractivity contribution in [3.63, 3.8) is 0 Å². The predicted molar refractivity (Wildman–Crippen MR) is 80.0 cm³/mol. The molecule has 1 unspecified atom stereocenters. The van der Waals surface area contributed by atoms with Crippen LogP contribution >= 0.6 is 0 Å². The minimum Gasteiger partial charge on any atom is -0.396 e. The first-order valence-corrected chi connectivity index (χ1v) is 7.37. The fraction of sp³-hybridized carbons (Fsp3) is 0.933. The van der Waals surface area contributed by atoms with Crippen molar-refractivity contribution in [2.75, 3.05) is 27.2 Å². The van der Waals surface area contributed by atoms with Gasteiger partial charge in [0.2, 0.25) is 5.91 Å². The first-order valence-electron chi connectivity index (χ1n) is 7.37. The normalized spacial score (nSPS) is 13.7. The van der Waals surface area contributed by atoms with E-state index < -0.39 is 0 Å². The molecule has 1 amide bonds. The largest absolute Gasteiger partial charge is 0.396 e. The van der Waals surface area contributed by atoms with E-state index in [0.717, 1.165) is 19.3 Å². The van der Waals surface area contributed by atoms with Crippen LogP contribution in [-0.2, 0) is 4.79 Å². The third-order valence-electron chi connectivity index (χ3n) is 4.00. The zero-order chi connectivity index (χ0) is 15.1. The quantitative estimate of drug-likeness (QED) is 0.674. The molecule has 0 rings (SSSR count). The maximum atomic E-state index is 12.2. The number of amides is 1. The molecule has 0 aromatic rings. The Kier molecular flexibility index (Phi) is 8.26. The van der Waals surface area contributed by atoms with Crippen LogP contribution in [-0.4, -0.2) is 49.2 Å². The lowest BCUT2D eigenvalue weighted by Crippen LogP contribution is -2.49. The first-order chi connectivity index (χ1) is 8.81. The van der Waals surface area contributed by atoms with E-state index in [2.05, 4.69) is 33.0 Å². The molecule has 0 spiro atoms. The molecule has 0 radical (unpaired) electrons. The second kappa shape index (κ2) is 8.54. The zero-order valence-electron chi connectivity index (χ0n) is 13.5. The van der Waals surface area contributed by atoms with E-state index in [-0.39, 0.29) is 24.0 Å². The molecule has 0 saturated carbocycles. The number of hydrogen-bond acceptors (Lipinski definition) is 3. The molecule has 0 saturated heterocycles. The maximum absolute atomic E-state index is 12.2. The summed E-state index contributed by atoms with van der Waals surface area (Å²) >= 11 is 0. The number of hydrogen-bond donors (Lipinski definition) is 2. The van der Waals surface area contributed by atoms with Gasteiger partial charge in [0.15, 0.2) is 0 Å². The van der Waals surface area contributed by atoms with E-state index in [1.165, 1.54) is 0 Å². The molecule has 0 aliphatic carbocycles. The number of carbonyl (C=O) groups is 1. The van der Waals surface area contributed by atoms with Crippen LogP contribution in [0.15, 0.2) is 0 Å². The Bertz CT molecular complexity index is 253. The Morgan fingerprint density at radius 3 is 2.11 bits per heavy atom.